The number of amidine groups is 1. The Hall–Kier alpha value is -0.530. The number of aliphatic imine (C=N–C) groups is 1. The first-order chi connectivity index (χ1) is 5.09. The summed E-state index contributed by atoms with van der Waals surface area (Å²) >= 11 is 0. The molecule has 2 nitrogen and oxygen atoms in total. The lowest BCUT2D eigenvalue weighted by Crippen LogP contribution is -2.07. The summed E-state index contributed by atoms with van der Waals surface area (Å²) in [7, 11) is 0. The van der Waals surface area contributed by atoms with E-state index < -0.39 is 0 Å². The zero-order valence-corrected chi connectivity index (χ0v) is 7.67. The lowest BCUT2D eigenvalue weighted by atomic mass is 10.1. The van der Waals surface area contributed by atoms with Crippen molar-refractivity contribution in [2.45, 2.75) is 39.7 Å². The highest BCUT2D eigenvalue weighted by Gasteiger charge is 2.36. The van der Waals surface area contributed by atoms with Gasteiger partial charge < -0.3 is 5.73 Å². The van der Waals surface area contributed by atoms with Crippen LogP contribution in [0.3, 0.4) is 0 Å². The molecule has 2 N–H and O–H groups in total. The normalized spacial score (nSPS) is 31.1. The smallest absolute Gasteiger partial charge is 0.0909 e. The number of nitrogens with two attached hydrogens (primary N) is 1. The first-order valence-electron chi connectivity index (χ1n) is 4.39. The van der Waals surface area contributed by atoms with E-state index in [9.17, 15) is 0 Å². The minimum absolute atomic E-state index is 0.558. The van der Waals surface area contributed by atoms with Crippen LogP contribution in [0.4, 0.5) is 0 Å². The number of hydrogen-bond donors (Lipinski definition) is 1. The molecule has 2 unspecified atom stereocenters. The Labute approximate surface area is 68.9 Å². The SMILES string of the molecule is CC(N)=NC1CC1CC(C)C. The molecule has 1 aliphatic carbocycles. The third-order valence-corrected chi connectivity index (χ3v) is 2.03. The highest BCUT2D eigenvalue weighted by Crippen LogP contribution is 2.38. The summed E-state index contributed by atoms with van der Waals surface area (Å²) < 4.78 is 0. The fraction of sp³-hybridized carbons (Fsp3) is 0.889. The predicted molar refractivity (Wildman–Crippen MR) is 48.6 cm³/mol. The summed E-state index contributed by atoms with van der Waals surface area (Å²) in [6.45, 7) is 6.38. The van der Waals surface area contributed by atoms with Gasteiger partial charge in [-0.25, -0.2) is 0 Å². The Morgan fingerprint density at radius 3 is 2.73 bits per heavy atom. The number of rotatable bonds is 3. The molecule has 1 saturated carbocycles. The molecule has 2 atom stereocenters. The van der Waals surface area contributed by atoms with E-state index in [1.54, 1.807) is 0 Å². The van der Waals surface area contributed by atoms with Crippen molar-refractivity contribution in [2.24, 2.45) is 22.6 Å². The Bertz CT molecular complexity index is 157. The average molecular weight is 154 g/mol. The van der Waals surface area contributed by atoms with E-state index in [2.05, 4.69) is 18.8 Å². The summed E-state index contributed by atoms with van der Waals surface area (Å²) in [6.07, 6.45) is 2.56. The maximum Gasteiger partial charge on any atom is 0.0909 e. The van der Waals surface area contributed by atoms with E-state index in [0.717, 1.165) is 17.7 Å². The third kappa shape index (κ3) is 2.91. The quantitative estimate of drug-likeness (QED) is 0.488. The van der Waals surface area contributed by atoms with Crippen molar-refractivity contribution < 1.29 is 0 Å². The van der Waals surface area contributed by atoms with E-state index >= 15 is 0 Å². The van der Waals surface area contributed by atoms with Gasteiger partial charge in [-0.15, -0.1) is 0 Å². The van der Waals surface area contributed by atoms with Crippen molar-refractivity contribution >= 4 is 5.84 Å². The molecule has 0 aromatic carbocycles. The second-order valence-electron chi connectivity index (χ2n) is 3.96. The van der Waals surface area contributed by atoms with Crippen LogP contribution in [0.2, 0.25) is 0 Å². The molecular weight excluding hydrogens is 136 g/mol. The van der Waals surface area contributed by atoms with Crippen molar-refractivity contribution in [3.63, 3.8) is 0 Å². The molecule has 0 saturated heterocycles. The summed E-state index contributed by atoms with van der Waals surface area (Å²) in [4.78, 5) is 4.32. The summed E-state index contributed by atoms with van der Waals surface area (Å²) in [6, 6.07) is 0.558. The van der Waals surface area contributed by atoms with Gasteiger partial charge in [-0.1, -0.05) is 13.8 Å². The second kappa shape index (κ2) is 3.24. The maximum absolute atomic E-state index is 5.48. The molecule has 0 spiro atoms. The first-order valence-corrected chi connectivity index (χ1v) is 4.39. The van der Waals surface area contributed by atoms with Gasteiger partial charge >= 0.3 is 0 Å². The van der Waals surface area contributed by atoms with Gasteiger partial charge in [-0.2, -0.15) is 0 Å². The minimum Gasteiger partial charge on any atom is -0.388 e. The highest BCUT2D eigenvalue weighted by molar-refractivity contribution is 5.77. The molecule has 0 aromatic rings. The van der Waals surface area contributed by atoms with E-state index in [1.165, 1.54) is 12.8 Å². The summed E-state index contributed by atoms with van der Waals surface area (Å²) in [5.41, 5.74) is 5.48. The molecule has 11 heavy (non-hydrogen) atoms. The molecule has 0 aromatic heterocycles. The molecule has 0 aliphatic heterocycles. The van der Waals surface area contributed by atoms with Crippen molar-refractivity contribution in [1.82, 2.24) is 0 Å². The average Bonchev–Trinajstić information content (AvgIpc) is 2.43. The monoisotopic (exact) mass is 154 g/mol. The van der Waals surface area contributed by atoms with Crippen molar-refractivity contribution in [3.8, 4) is 0 Å². The van der Waals surface area contributed by atoms with Gasteiger partial charge in [-0.3, -0.25) is 4.99 Å². The van der Waals surface area contributed by atoms with Crippen molar-refractivity contribution in [3.05, 3.63) is 0 Å². The second-order valence-corrected chi connectivity index (χ2v) is 3.96. The molecule has 2 heteroatoms. The van der Waals surface area contributed by atoms with Crippen LogP contribution in [0.25, 0.3) is 0 Å². The van der Waals surface area contributed by atoms with Crippen LogP contribution in [0.5, 0.6) is 0 Å². The Balaban J connectivity index is 2.22. The topological polar surface area (TPSA) is 38.4 Å². The first kappa shape index (κ1) is 8.57. The molecule has 0 heterocycles. The third-order valence-electron chi connectivity index (χ3n) is 2.03. The molecule has 64 valence electrons. The van der Waals surface area contributed by atoms with E-state index in [0.29, 0.717) is 6.04 Å². The van der Waals surface area contributed by atoms with E-state index in [-0.39, 0.29) is 0 Å². The van der Waals surface area contributed by atoms with Crippen LogP contribution in [0, 0.1) is 11.8 Å². The number of nitrogens with zero attached hydrogens (tertiary/aromatic N) is 1. The minimum atomic E-state index is 0.558. The predicted octanol–water partition coefficient (Wildman–Crippen LogP) is 1.80. The Kier molecular flexibility index (Phi) is 2.53. The van der Waals surface area contributed by atoms with E-state index in [4.69, 9.17) is 5.73 Å². The van der Waals surface area contributed by atoms with Gasteiger partial charge in [0.25, 0.3) is 0 Å². The largest absolute Gasteiger partial charge is 0.388 e. The van der Waals surface area contributed by atoms with Gasteiger partial charge in [0, 0.05) is 0 Å². The van der Waals surface area contributed by atoms with Crippen LogP contribution < -0.4 is 5.73 Å². The van der Waals surface area contributed by atoms with Crippen LogP contribution >= 0.6 is 0 Å². The zero-order chi connectivity index (χ0) is 8.43. The lowest BCUT2D eigenvalue weighted by molar-refractivity contribution is 0.531. The van der Waals surface area contributed by atoms with Gasteiger partial charge in [-0.05, 0) is 31.6 Å². The van der Waals surface area contributed by atoms with E-state index in [1.807, 2.05) is 6.92 Å². The Morgan fingerprint density at radius 1 is 1.64 bits per heavy atom. The zero-order valence-electron chi connectivity index (χ0n) is 7.67. The Morgan fingerprint density at radius 2 is 2.27 bits per heavy atom. The molecule has 1 aliphatic rings. The van der Waals surface area contributed by atoms with Gasteiger partial charge in [0.05, 0.1) is 11.9 Å². The fourth-order valence-corrected chi connectivity index (χ4v) is 1.51. The lowest BCUT2D eigenvalue weighted by Gasteiger charge is -2.00. The van der Waals surface area contributed by atoms with Crippen LogP contribution in [-0.4, -0.2) is 11.9 Å². The summed E-state index contributed by atoms with van der Waals surface area (Å²) in [5.74, 6) is 2.37. The molecule has 1 fully saturated rings. The van der Waals surface area contributed by atoms with Gasteiger partial charge in [0.2, 0.25) is 0 Å². The molecule has 0 radical (unpaired) electrons. The fourth-order valence-electron chi connectivity index (χ4n) is 1.51. The van der Waals surface area contributed by atoms with Gasteiger partial charge in [0.1, 0.15) is 0 Å². The van der Waals surface area contributed by atoms with Gasteiger partial charge in [0.15, 0.2) is 0 Å². The standard InChI is InChI=1S/C9H18N2/c1-6(2)4-8-5-9(8)11-7(3)10/h6,8-9H,4-5H2,1-3H3,(H2,10,11). The van der Waals surface area contributed by atoms with Crippen LogP contribution in [0.15, 0.2) is 4.99 Å². The van der Waals surface area contributed by atoms with Crippen LogP contribution in [-0.2, 0) is 0 Å². The summed E-state index contributed by atoms with van der Waals surface area (Å²) in [5, 5.41) is 0. The van der Waals surface area contributed by atoms with Crippen LogP contribution in [0.1, 0.15) is 33.6 Å². The highest BCUT2D eigenvalue weighted by atomic mass is 14.9. The molecule has 0 amide bonds. The number of hydrogen-bond acceptors (Lipinski definition) is 1. The molecule has 0 bridgehead atoms. The maximum atomic E-state index is 5.48. The molecular formula is C9H18N2. The molecule has 1 rings (SSSR count). The van der Waals surface area contributed by atoms with Crippen molar-refractivity contribution in [1.29, 1.82) is 0 Å². The van der Waals surface area contributed by atoms with Crippen molar-refractivity contribution in [2.75, 3.05) is 0 Å².